The third-order valence-corrected chi connectivity index (χ3v) is 4.50. The fraction of sp³-hybridized carbons (Fsp3) is 0.158. The van der Waals surface area contributed by atoms with Crippen LogP contribution in [0.25, 0.3) is 10.9 Å². The van der Waals surface area contributed by atoms with Crippen LogP contribution in [0.5, 0.6) is 0 Å². The van der Waals surface area contributed by atoms with Crippen molar-refractivity contribution in [1.82, 2.24) is 9.88 Å². The summed E-state index contributed by atoms with van der Waals surface area (Å²) < 4.78 is 13.5. The number of amides is 1. The molecule has 0 bridgehead atoms. The van der Waals surface area contributed by atoms with Gasteiger partial charge in [-0.1, -0.05) is 24.3 Å². The zero-order valence-electron chi connectivity index (χ0n) is 12.9. The smallest absolute Gasteiger partial charge is 0.295 e. The van der Waals surface area contributed by atoms with Crippen LogP contribution in [0.3, 0.4) is 0 Å². The minimum absolute atomic E-state index is 0.216. The normalized spacial score (nSPS) is 13.8. The quantitative estimate of drug-likeness (QED) is 0.582. The van der Waals surface area contributed by atoms with Gasteiger partial charge in [-0.05, 0) is 35.7 Å². The molecule has 5 heteroatoms. The average Bonchev–Trinajstić information content (AvgIpc) is 3.03. The Kier molecular flexibility index (Phi) is 3.41. The Morgan fingerprint density at radius 3 is 2.71 bits per heavy atom. The van der Waals surface area contributed by atoms with E-state index < -0.39 is 17.5 Å². The van der Waals surface area contributed by atoms with Gasteiger partial charge in [-0.25, -0.2) is 4.39 Å². The van der Waals surface area contributed by atoms with E-state index in [0.29, 0.717) is 24.0 Å². The van der Waals surface area contributed by atoms with Crippen LogP contribution < -0.4 is 0 Å². The Morgan fingerprint density at radius 1 is 1.08 bits per heavy atom. The summed E-state index contributed by atoms with van der Waals surface area (Å²) in [5, 5.41) is 0.436. The third-order valence-electron chi connectivity index (χ3n) is 4.50. The maximum Gasteiger partial charge on any atom is 0.295 e. The second-order valence-electron chi connectivity index (χ2n) is 5.97. The molecule has 0 fully saturated rings. The summed E-state index contributed by atoms with van der Waals surface area (Å²) in [6.45, 7) is 0.940. The van der Waals surface area contributed by atoms with Gasteiger partial charge in [0.25, 0.3) is 11.7 Å². The molecule has 1 amide bonds. The molecule has 0 saturated carbocycles. The number of ketones is 1. The number of hydrogen-bond acceptors (Lipinski definition) is 2. The molecule has 4 rings (SSSR count). The number of nitrogens with zero attached hydrogens (tertiary/aromatic N) is 1. The summed E-state index contributed by atoms with van der Waals surface area (Å²) in [7, 11) is 0. The minimum Gasteiger partial charge on any atom is -0.360 e. The highest BCUT2D eigenvalue weighted by molar-refractivity contribution is 6.44. The second-order valence-corrected chi connectivity index (χ2v) is 5.97. The molecular weight excluding hydrogens is 307 g/mol. The second kappa shape index (κ2) is 5.60. The van der Waals surface area contributed by atoms with Crippen molar-refractivity contribution in [1.29, 1.82) is 0 Å². The van der Waals surface area contributed by atoms with E-state index in [1.54, 1.807) is 11.0 Å². The van der Waals surface area contributed by atoms with E-state index in [4.69, 9.17) is 0 Å². The van der Waals surface area contributed by atoms with Gasteiger partial charge in [0.2, 0.25) is 0 Å². The van der Waals surface area contributed by atoms with E-state index in [1.165, 1.54) is 23.9 Å². The first kappa shape index (κ1) is 14.6. The van der Waals surface area contributed by atoms with Gasteiger partial charge >= 0.3 is 0 Å². The lowest BCUT2D eigenvalue weighted by atomic mass is 9.99. The fourth-order valence-corrected chi connectivity index (χ4v) is 3.21. The van der Waals surface area contributed by atoms with Gasteiger partial charge in [0.1, 0.15) is 5.82 Å². The highest BCUT2D eigenvalue weighted by Gasteiger charge is 2.28. The first-order valence-corrected chi connectivity index (χ1v) is 7.80. The fourth-order valence-electron chi connectivity index (χ4n) is 3.21. The predicted molar refractivity (Wildman–Crippen MR) is 88.2 cm³/mol. The first-order valence-electron chi connectivity index (χ1n) is 7.80. The van der Waals surface area contributed by atoms with Crippen molar-refractivity contribution in [2.45, 2.75) is 13.0 Å². The predicted octanol–water partition coefficient (Wildman–Crippen LogP) is 3.07. The van der Waals surface area contributed by atoms with Crippen molar-refractivity contribution in [3.8, 4) is 0 Å². The van der Waals surface area contributed by atoms with Gasteiger partial charge in [0.15, 0.2) is 0 Å². The number of aromatic amines is 1. The van der Waals surface area contributed by atoms with Crippen LogP contribution >= 0.6 is 0 Å². The van der Waals surface area contributed by atoms with Gasteiger partial charge < -0.3 is 9.88 Å². The number of carbonyl (C=O) groups is 2. The summed E-state index contributed by atoms with van der Waals surface area (Å²) in [5.74, 6) is -1.59. The molecule has 2 aromatic carbocycles. The number of halogens is 1. The molecule has 0 spiro atoms. The third kappa shape index (κ3) is 2.38. The van der Waals surface area contributed by atoms with Gasteiger partial charge in [-0.15, -0.1) is 0 Å². The van der Waals surface area contributed by atoms with E-state index in [9.17, 15) is 14.0 Å². The number of rotatable bonds is 2. The van der Waals surface area contributed by atoms with Crippen LogP contribution in [0.2, 0.25) is 0 Å². The lowest BCUT2D eigenvalue weighted by Crippen LogP contribution is -2.40. The van der Waals surface area contributed by atoms with E-state index in [2.05, 4.69) is 4.98 Å². The maximum absolute atomic E-state index is 13.5. The number of nitrogens with one attached hydrogen (secondary N) is 1. The zero-order chi connectivity index (χ0) is 16.7. The summed E-state index contributed by atoms with van der Waals surface area (Å²) >= 11 is 0. The van der Waals surface area contributed by atoms with Crippen LogP contribution in [0, 0.1) is 5.82 Å². The molecule has 120 valence electrons. The van der Waals surface area contributed by atoms with Gasteiger partial charge in [-0.2, -0.15) is 0 Å². The van der Waals surface area contributed by atoms with E-state index in [0.717, 1.165) is 12.0 Å². The molecule has 3 aromatic rings. The summed E-state index contributed by atoms with van der Waals surface area (Å²) in [5.41, 5.74) is 3.13. The lowest BCUT2D eigenvalue weighted by molar-refractivity contribution is -0.127. The largest absolute Gasteiger partial charge is 0.360 e. The number of Topliss-reactive ketones (excluding diaryl/α,β-unsaturated/α-hetero) is 1. The molecule has 0 aliphatic carbocycles. The Bertz CT molecular complexity index is 961. The molecule has 2 heterocycles. The molecule has 4 nitrogen and oxygen atoms in total. The SMILES string of the molecule is O=C(C(=O)N1CCc2ccccc2C1)c1c[nH]c2ccc(F)cc12. The standard InChI is InChI=1S/C19H15FN2O2/c20-14-5-6-17-15(9-14)16(10-21-17)18(23)19(24)22-8-7-12-3-1-2-4-13(12)11-22/h1-6,9-10,21H,7-8,11H2. The van der Waals surface area contributed by atoms with Gasteiger partial charge in [0.05, 0.1) is 5.56 Å². The highest BCUT2D eigenvalue weighted by atomic mass is 19.1. The van der Waals surface area contributed by atoms with Crippen molar-refractivity contribution in [2.75, 3.05) is 6.54 Å². The van der Waals surface area contributed by atoms with Crippen molar-refractivity contribution in [2.24, 2.45) is 0 Å². The number of aromatic nitrogens is 1. The minimum atomic E-state index is -0.605. The van der Waals surface area contributed by atoms with Crippen molar-refractivity contribution in [3.05, 3.63) is 71.2 Å². The van der Waals surface area contributed by atoms with E-state index in [-0.39, 0.29) is 5.56 Å². The van der Waals surface area contributed by atoms with E-state index in [1.807, 2.05) is 24.3 Å². The van der Waals surface area contributed by atoms with Crippen LogP contribution in [0.4, 0.5) is 4.39 Å². The van der Waals surface area contributed by atoms with Crippen molar-refractivity contribution < 1.29 is 14.0 Å². The topological polar surface area (TPSA) is 53.2 Å². The van der Waals surface area contributed by atoms with Crippen LogP contribution in [0.1, 0.15) is 21.5 Å². The molecule has 1 aliphatic heterocycles. The number of H-pyrrole nitrogens is 1. The average molecular weight is 322 g/mol. The summed E-state index contributed by atoms with van der Waals surface area (Å²) in [4.78, 5) is 29.7. The number of carbonyl (C=O) groups excluding carboxylic acids is 2. The lowest BCUT2D eigenvalue weighted by Gasteiger charge is -2.28. The molecule has 0 atom stereocenters. The molecule has 0 saturated heterocycles. The molecule has 1 aliphatic rings. The first-order chi connectivity index (χ1) is 11.6. The Balaban J connectivity index is 1.62. The maximum atomic E-state index is 13.5. The van der Waals surface area contributed by atoms with Crippen LogP contribution in [-0.2, 0) is 17.8 Å². The molecule has 0 unspecified atom stereocenters. The van der Waals surface area contributed by atoms with Crippen molar-refractivity contribution in [3.63, 3.8) is 0 Å². The highest BCUT2D eigenvalue weighted by Crippen LogP contribution is 2.23. The summed E-state index contributed by atoms with van der Waals surface area (Å²) in [6, 6.07) is 12.1. The Hall–Kier alpha value is -2.95. The molecule has 24 heavy (non-hydrogen) atoms. The van der Waals surface area contributed by atoms with Gasteiger partial charge in [-0.3, -0.25) is 9.59 Å². The van der Waals surface area contributed by atoms with Crippen LogP contribution in [-0.4, -0.2) is 28.1 Å². The number of benzene rings is 2. The van der Waals surface area contributed by atoms with Crippen molar-refractivity contribution >= 4 is 22.6 Å². The Labute approximate surface area is 137 Å². The molecule has 1 N–H and O–H groups in total. The summed E-state index contributed by atoms with van der Waals surface area (Å²) in [6.07, 6.45) is 2.21. The molecular formula is C19H15FN2O2. The van der Waals surface area contributed by atoms with Crippen LogP contribution in [0.15, 0.2) is 48.7 Å². The number of hydrogen-bond donors (Lipinski definition) is 1. The molecule has 0 radical (unpaired) electrons. The van der Waals surface area contributed by atoms with Gasteiger partial charge in [0, 0.05) is 30.2 Å². The van der Waals surface area contributed by atoms with E-state index >= 15 is 0 Å². The monoisotopic (exact) mass is 322 g/mol. The zero-order valence-corrected chi connectivity index (χ0v) is 12.9. The number of fused-ring (bicyclic) bond motifs is 2. The molecule has 1 aromatic heterocycles. The Morgan fingerprint density at radius 2 is 1.88 bits per heavy atom.